The Hall–Kier alpha value is -1.84. The minimum absolute atomic E-state index is 0.229. The molecule has 0 saturated heterocycles. The summed E-state index contributed by atoms with van der Waals surface area (Å²) >= 11 is 0. The second kappa shape index (κ2) is 6.79. The molecule has 0 aliphatic heterocycles. The van der Waals surface area contributed by atoms with Crippen LogP contribution in [0.5, 0.6) is 0 Å². The zero-order chi connectivity index (χ0) is 13.5. The zero-order valence-corrected chi connectivity index (χ0v) is 11.4. The summed E-state index contributed by atoms with van der Waals surface area (Å²) in [6.07, 6.45) is 5.75. The number of nitrogens with one attached hydrogen (secondary N) is 1. The summed E-state index contributed by atoms with van der Waals surface area (Å²) < 4.78 is 0. The quantitative estimate of drug-likeness (QED) is 0.758. The summed E-state index contributed by atoms with van der Waals surface area (Å²) in [5, 5.41) is 7.33. The van der Waals surface area contributed by atoms with Crippen molar-refractivity contribution >= 4 is 6.21 Å². The Morgan fingerprint density at radius 1 is 1.56 bits per heavy atom. The highest BCUT2D eigenvalue weighted by Gasteiger charge is 2.10. The van der Waals surface area contributed by atoms with E-state index in [4.69, 9.17) is 5.73 Å². The van der Waals surface area contributed by atoms with Crippen LogP contribution in [0.15, 0.2) is 35.6 Å². The fraction of sp³-hybridized carbons (Fsp3) is 0.429. The van der Waals surface area contributed by atoms with Crippen molar-refractivity contribution in [3.63, 3.8) is 0 Å². The van der Waals surface area contributed by atoms with Gasteiger partial charge in [-0.05, 0) is 18.4 Å². The molecule has 1 rings (SSSR count). The van der Waals surface area contributed by atoms with Gasteiger partial charge in [-0.1, -0.05) is 33.4 Å². The second-order valence-electron chi connectivity index (χ2n) is 4.74. The van der Waals surface area contributed by atoms with E-state index in [1.54, 1.807) is 18.5 Å². The number of hydrogen-bond acceptors (Lipinski definition) is 3. The Balaban J connectivity index is 2.62. The summed E-state index contributed by atoms with van der Waals surface area (Å²) in [7, 11) is 0. The first-order valence-corrected chi connectivity index (χ1v) is 6.18. The van der Waals surface area contributed by atoms with Gasteiger partial charge in [0.1, 0.15) is 0 Å². The van der Waals surface area contributed by atoms with Crippen LogP contribution in [0.3, 0.4) is 0 Å². The lowest BCUT2D eigenvalue weighted by Gasteiger charge is -2.09. The van der Waals surface area contributed by atoms with Gasteiger partial charge in [0.15, 0.2) is 0 Å². The number of allylic oxidation sites excluding steroid dienone is 2. The Kier molecular flexibility index (Phi) is 5.36. The smallest absolute Gasteiger partial charge is 0.0650 e. The van der Waals surface area contributed by atoms with Gasteiger partial charge in [0, 0.05) is 29.7 Å². The molecule has 0 bridgehead atoms. The molecule has 4 heteroatoms. The van der Waals surface area contributed by atoms with Crippen LogP contribution >= 0.6 is 0 Å². The highest BCUT2D eigenvalue weighted by molar-refractivity contribution is 5.70. The van der Waals surface area contributed by atoms with Crippen LogP contribution in [0, 0.1) is 5.92 Å². The topological polar surface area (TPSA) is 67.1 Å². The number of nitrogens with zero attached hydrogens (tertiary/aromatic N) is 2. The van der Waals surface area contributed by atoms with Gasteiger partial charge >= 0.3 is 0 Å². The van der Waals surface area contributed by atoms with Crippen LogP contribution in [0.4, 0.5) is 0 Å². The van der Waals surface area contributed by atoms with E-state index < -0.39 is 0 Å². The van der Waals surface area contributed by atoms with E-state index >= 15 is 0 Å². The molecule has 1 atom stereocenters. The Morgan fingerprint density at radius 3 is 2.83 bits per heavy atom. The van der Waals surface area contributed by atoms with Gasteiger partial charge in [-0.15, -0.1) is 0 Å². The van der Waals surface area contributed by atoms with Crippen LogP contribution in [0.1, 0.15) is 38.1 Å². The fourth-order valence-corrected chi connectivity index (χ4v) is 1.54. The van der Waals surface area contributed by atoms with E-state index in [-0.39, 0.29) is 5.92 Å². The second-order valence-corrected chi connectivity index (χ2v) is 4.74. The van der Waals surface area contributed by atoms with Crippen molar-refractivity contribution in [3.05, 3.63) is 42.0 Å². The summed E-state index contributed by atoms with van der Waals surface area (Å²) in [4.78, 5) is 4.03. The molecule has 0 amide bonds. The Morgan fingerprint density at radius 2 is 2.28 bits per heavy atom. The number of nitrogens with two attached hydrogens (primary N) is 1. The molecule has 1 unspecified atom stereocenters. The molecule has 0 fully saturated rings. The first kappa shape index (κ1) is 14.2. The molecule has 1 aromatic heterocycles. The lowest BCUT2D eigenvalue weighted by molar-refractivity contribution is 0.652. The van der Waals surface area contributed by atoms with Crippen LogP contribution in [0.2, 0.25) is 0 Å². The predicted molar refractivity (Wildman–Crippen MR) is 76.5 cm³/mol. The monoisotopic (exact) mass is 246 g/mol. The molecule has 0 radical (unpaired) electrons. The van der Waals surface area contributed by atoms with E-state index in [0.29, 0.717) is 5.92 Å². The average molecular weight is 246 g/mol. The Bertz CT molecular complexity index is 440. The molecular weight excluding hydrogens is 224 g/mol. The van der Waals surface area contributed by atoms with E-state index in [2.05, 4.69) is 48.6 Å². The number of H-pyrrole nitrogens is 1. The van der Waals surface area contributed by atoms with E-state index in [9.17, 15) is 0 Å². The molecule has 0 aliphatic rings. The normalized spacial score (nSPS) is 14.3. The van der Waals surface area contributed by atoms with Crippen molar-refractivity contribution < 1.29 is 0 Å². The molecular formula is C14H22N4. The molecule has 0 aliphatic carbocycles. The maximum Gasteiger partial charge on any atom is 0.0650 e. The van der Waals surface area contributed by atoms with Gasteiger partial charge in [-0.3, -0.25) is 10.1 Å². The zero-order valence-electron chi connectivity index (χ0n) is 11.4. The molecule has 4 nitrogen and oxygen atoms in total. The molecule has 18 heavy (non-hydrogen) atoms. The number of aromatic nitrogens is 2. The van der Waals surface area contributed by atoms with Crippen molar-refractivity contribution in [1.29, 1.82) is 0 Å². The third-order valence-corrected chi connectivity index (χ3v) is 2.75. The van der Waals surface area contributed by atoms with Crippen LogP contribution < -0.4 is 5.73 Å². The summed E-state index contributed by atoms with van der Waals surface area (Å²) in [5.41, 5.74) is 8.90. The largest absolute Gasteiger partial charge is 0.401 e. The number of rotatable bonds is 6. The molecule has 0 spiro atoms. The van der Waals surface area contributed by atoms with Gasteiger partial charge in [-0.2, -0.15) is 5.10 Å². The lowest BCUT2D eigenvalue weighted by atomic mass is 10.0. The van der Waals surface area contributed by atoms with Crippen molar-refractivity contribution in [1.82, 2.24) is 10.2 Å². The van der Waals surface area contributed by atoms with Gasteiger partial charge in [0.2, 0.25) is 0 Å². The Labute approximate surface area is 109 Å². The van der Waals surface area contributed by atoms with Gasteiger partial charge < -0.3 is 5.73 Å². The highest BCUT2D eigenvalue weighted by Crippen LogP contribution is 2.16. The molecule has 3 N–H and O–H groups in total. The SMILES string of the molecule is C=CC=N/C=C(\N)C(C)Cc1cc(C(C)C)n[nH]1. The molecule has 0 aromatic carbocycles. The summed E-state index contributed by atoms with van der Waals surface area (Å²) in [5.74, 6) is 0.669. The van der Waals surface area contributed by atoms with Crippen LogP contribution in [-0.2, 0) is 6.42 Å². The van der Waals surface area contributed by atoms with Gasteiger partial charge in [0.25, 0.3) is 0 Å². The van der Waals surface area contributed by atoms with E-state index in [1.165, 1.54) is 0 Å². The molecule has 98 valence electrons. The maximum atomic E-state index is 5.95. The van der Waals surface area contributed by atoms with Crippen LogP contribution in [-0.4, -0.2) is 16.4 Å². The lowest BCUT2D eigenvalue weighted by Crippen LogP contribution is -2.11. The molecule has 1 aromatic rings. The number of aliphatic imine (C=N–C) groups is 1. The molecule has 0 saturated carbocycles. The summed E-state index contributed by atoms with van der Waals surface area (Å²) in [6, 6.07) is 2.10. The maximum absolute atomic E-state index is 5.95. The van der Waals surface area contributed by atoms with Gasteiger partial charge in [0.05, 0.1) is 5.69 Å². The van der Waals surface area contributed by atoms with Gasteiger partial charge in [-0.25, -0.2) is 0 Å². The van der Waals surface area contributed by atoms with Crippen molar-refractivity contribution in [2.24, 2.45) is 16.6 Å². The average Bonchev–Trinajstić information content (AvgIpc) is 2.77. The number of aromatic amines is 1. The third-order valence-electron chi connectivity index (χ3n) is 2.75. The standard InChI is InChI=1S/C14H22N4/c1-5-6-16-9-13(15)11(4)7-12-8-14(10(2)3)18-17-12/h5-6,8-11H,1,7,15H2,2-4H3,(H,17,18)/b13-9-,16-6?. The first-order chi connectivity index (χ1) is 8.54. The van der Waals surface area contributed by atoms with Crippen molar-refractivity contribution in [2.45, 2.75) is 33.1 Å². The number of hydrogen-bond donors (Lipinski definition) is 2. The minimum atomic E-state index is 0.229. The summed E-state index contributed by atoms with van der Waals surface area (Å²) in [6.45, 7) is 9.88. The first-order valence-electron chi connectivity index (χ1n) is 6.18. The van der Waals surface area contributed by atoms with Crippen molar-refractivity contribution in [3.8, 4) is 0 Å². The highest BCUT2D eigenvalue weighted by atomic mass is 15.1. The van der Waals surface area contributed by atoms with E-state index in [1.807, 2.05) is 0 Å². The minimum Gasteiger partial charge on any atom is -0.401 e. The predicted octanol–water partition coefficient (Wildman–Crippen LogP) is 2.77. The fourth-order valence-electron chi connectivity index (χ4n) is 1.54. The van der Waals surface area contributed by atoms with Crippen LogP contribution in [0.25, 0.3) is 0 Å². The third kappa shape index (κ3) is 4.20. The van der Waals surface area contributed by atoms with E-state index in [0.717, 1.165) is 23.5 Å². The molecule has 1 heterocycles. The van der Waals surface area contributed by atoms with Crippen molar-refractivity contribution in [2.75, 3.05) is 0 Å².